The number of anilines is 1. The quantitative estimate of drug-likeness (QED) is 0.274. The number of methoxy groups -OCH3 is 1. The molecule has 0 spiro atoms. The van der Waals surface area contributed by atoms with Gasteiger partial charge in [-0.25, -0.2) is 8.42 Å². The first-order valence-electron chi connectivity index (χ1n) is 12.2. The van der Waals surface area contributed by atoms with Crippen molar-refractivity contribution in [1.29, 1.82) is 0 Å². The third-order valence-electron chi connectivity index (χ3n) is 5.90. The zero-order valence-corrected chi connectivity index (χ0v) is 21.9. The Hall–Kier alpha value is -4.14. The Morgan fingerprint density at radius 3 is 1.95 bits per heavy atom. The highest BCUT2D eigenvalue weighted by molar-refractivity contribution is 7.89. The molecular formula is C30H30N2O5S. The molecule has 0 saturated heterocycles. The molecule has 0 radical (unpaired) electrons. The Labute approximate surface area is 223 Å². The molecule has 8 heteroatoms. The molecule has 7 nitrogen and oxygen atoms in total. The van der Waals surface area contributed by atoms with E-state index in [-0.39, 0.29) is 18.0 Å². The van der Waals surface area contributed by atoms with Crippen molar-refractivity contribution in [2.24, 2.45) is 0 Å². The number of nitrogens with one attached hydrogen (secondary N) is 1. The van der Waals surface area contributed by atoms with Crippen LogP contribution in [0.5, 0.6) is 11.5 Å². The van der Waals surface area contributed by atoms with E-state index in [2.05, 4.69) is 5.32 Å². The molecule has 4 aromatic rings. The molecule has 1 N–H and O–H groups in total. The molecule has 0 aromatic heterocycles. The third-order valence-corrected chi connectivity index (χ3v) is 7.76. The van der Waals surface area contributed by atoms with Gasteiger partial charge >= 0.3 is 0 Å². The summed E-state index contributed by atoms with van der Waals surface area (Å²) in [6.45, 7) is 0.262. The van der Waals surface area contributed by atoms with Gasteiger partial charge in [0.1, 0.15) is 18.1 Å². The molecule has 0 saturated carbocycles. The second-order valence-electron chi connectivity index (χ2n) is 8.60. The summed E-state index contributed by atoms with van der Waals surface area (Å²) in [6.07, 6.45) is 0.469. The highest BCUT2D eigenvalue weighted by atomic mass is 32.2. The topological polar surface area (TPSA) is 84.9 Å². The zero-order valence-electron chi connectivity index (χ0n) is 21.1. The summed E-state index contributed by atoms with van der Waals surface area (Å²) in [5.41, 5.74) is 2.58. The van der Waals surface area contributed by atoms with Crippen LogP contribution in [0.1, 0.15) is 11.1 Å². The standard InChI is InChI=1S/C30H30N2O5S/c1-36-27-16-18-29(19-17-27)38(34,35)32(21-20-24-8-4-2-5-9-24)22-30(33)31-26-12-14-28(15-13-26)37-23-25-10-6-3-7-11-25/h2-19H,20-23H2,1H3,(H,31,33). The number of carbonyl (C=O) groups is 1. The number of carbonyl (C=O) groups excluding carboxylic acids is 1. The normalized spacial score (nSPS) is 11.2. The van der Waals surface area contributed by atoms with Crippen LogP contribution in [0.25, 0.3) is 0 Å². The van der Waals surface area contributed by atoms with Crippen molar-refractivity contribution in [2.45, 2.75) is 17.9 Å². The first-order chi connectivity index (χ1) is 18.4. The minimum absolute atomic E-state index is 0.0964. The van der Waals surface area contributed by atoms with Crippen molar-refractivity contribution >= 4 is 21.6 Å². The van der Waals surface area contributed by atoms with E-state index in [1.807, 2.05) is 60.7 Å². The van der Waals surface area contributed by atoms with E-state index < -0.39 is 15.9 Å². The first kappa shape index (κ1) is 26.9. The van der Waals surface area contributed by atoms with Gasteiger partial charge in [0.2, 0.25) is 15.9 Å². The van der Waals surface area contributed by atoms with Crippen LogP contribution in [-0.2, 0) is 27.8 Å². The average molecular weight is 531 g/mol. The molecule has 1 amide bonds. The number of hydrogen-bond acceptors (Lipinski definition) is 5. The fraction of sp³-hybridized carbons (Fsp3) is 0.167. The molecule has 0 aliphatic carbocycles. The van der Waals surface area contributed by atoms with Crippen molar-refractivity contribution in [3.8, 4) is 11.5 Å². The number of sulfonamides is 1. The van der Waals surface area contributed by atoms with Gasteiger partial charge in [-0.05, 0) is 66.1 Å². The number of ether oxygens (including phenoxy) is 2. The van der Waals surface area contributed by atoms with Gasteiger partial charge < -0.3 is 14.8 Å². The molecule has 0 bridgehead atoms. The second kappa shape index (κ2) is 12.9. The van der Waals surface area contributed by atoms with Crippen molar-refractivity contribution in [1.82, 2.24) is 4.31 Å². The van der Waals surface area contributed by atoms with Crippen LogP contribution in [0, 0.1) is 0 Å². The summed E-state index contributed by atoms with van der Waals surface area (Å²) in [5.74, 6) is 0.778. The summed E-state index contributed by atoms with van der Waals surface area (Å²) in [5, 5.41) is 2.79. The number of amides is 1. The van der Waals surface area contributed by atoms with Gasteiger partial charge in [0.15, 0.2) is 0 Å². The highest BCUT2D eigenvalue weighted by Crippen LogP contribution is 2.21. The molecule has 0 fully saturated rings. The van der Waals surface area contributed by atoms with Crippen LogP contribution in [0.3, 0.4) is 0 Å². The van der Waals surface area contributed by atoms with Crippen LogP contribution in [0.4, 0.5) is 5.69 Å². The van der Waals surface area contributed by atoms with Crippen molar-refractivity contribution < 1.29 is 22.7 Å². The molecule has 196 valence electrons. The lowest BCUT2D eigenvalue weighted by atomic mass is 10.1. The lowest BCUT2D eigenvalue weighted by molar-refractivity contribution is -0.116. The van der Waals surface area contributed by atoms with E-state index in [1.165, 1.54) is 23.5 Å². The molecule has 4 rings (SSSR count). The maximum Gasteiger partial charge on any atom is 0.243 e. The molecule has 0 heterocycles. The Morgan fingerprint density at radius 1 is 0.763 bits per heavy atom. The summed E-state index contributed by atoms with van der Waals surface area (Å²) < 4.78 is 39.1. The maximum atomic E-state index is 13.5. The van der Waals surface area contributed by atoms with E-state index in [0.717, 1.165) is 11.1 Å². The van der Waals surface area contributed by atoms with Gasteiger partial charge in [0.25, 0.3) is 0 Å². The Morgan fingerprint density at radius 2 is 1.34 bits per heavy atom. The SMILES string of the molecule is COc1ccc(S(=O)(=O)N(CCc2ccccc2)CC(=O)Nc2ccc(OCc3ccccc3)cc2)cc1. The first-order valence-corrected chi connectivity index (χ1v) is 13.6. The monoisotopic (exact) mass is 530 g/mol. The van der Waals surface area contributed by atoms with E-state index in [0.29, 0.717) is 30.2 Å². The number of nitrogens with zero attached hydrogens (tertiary/aromatic N) is 1. The predicted octanol–water partition coefficient (Wildman–Crippen LogP) is 5.15. The Kier molecular flexibility index (Phi) is 9.13. The largest absolute Gasteiger partial charge is 0.497 e. The van der Waals surface area contributed by atoms with E-state index >= 15 is 0 Å². The van der Waals surface area contributed by atoms with Gasteiger partial charge in [0, 0.05) is 12.2 Å². The smallest absolute Gasteiger partial charge is 0.243 e. The predicted molar refractivity (Wildman–Crippen MR) is 148 cm³/mol. The molecule has 38 heavy (non-hydrogen) atoms. The molecule has 4 aromatic carbocycles. The maximum absolute atomic E-state index is 13.5. The van der Waals surface area contributed by atoms with Crippen molar-refractivity contribution in [2.75, 3.05) is 25.5 Å². The summed E-state index contributed by atoms with van der Waals surface area (Å²) in [6, 6.07) is 32.5. The van der Waals surface area contributed by atoms with Crippen molar-refractivity contribution in [3.05, 3.63) is 120 Å². The van der Waals surface area contributed by atoms with Gasteiger partial charge in [-0.3, -0.25) is 4.79 Å². The molecule has 0 aliphatic rings. The van der Waals surface area contributed by atoms with E-state index in [4.69, 9.17) is 9.47 Å². The second-order valence-corrected chi connectivity index (χ2v) is 10.5. The lowest BCUT2D eigenvalue weighted by Crippen LogP contribution is -2.39. The molecule has 0 unspecified atom stereocenters. The summed E-state index contributed by atoms with van der Waals surface area (Å²) >= 11 is 0. The minimum atomic E-state index is -3.93. The summed E-state index contributed by atoms with van der Waals surface area (Å²) in [7, 11) is -2.41. The van der Waals surface area contributed by atoms with Crippen LogP contribution < -0.4 is 14.8 Å². The highest BCUT2D eigenvalue weighted by Gasteiger charge is 2.26. The fourth-order valence-electron chi connectivity index (χ4n) is 3.82. The summed E-state index contributed by atoms with van der Waals surface area (Å²) in [4.78, 5) is 13.0. The number of hydrogen-bond donors (Lipinski definition) is 1. The van der Waals surface area contributed by atoms with Gasteiger partial charge in [-0.2, -0.15) is 4.31 Å². The Bertz CT molecular complexity index is 1410. The lowest BCUT2D eigenvalue weighted by Gasteiger charge is -2.22. The van der Waals surface area contributed by atoms with Gasteiger partial charge in [-0.1, -0.05) is 60.7 Å². The van der Waals surface area contributed by atoms with Crippen LogP contribution in [0.15, 0.2) is 114 Å². The van der Waals surface area contributed by atoms with E-state index in [9.17, 15) is 13.2 Å². The van der Waals surface area contributed by atoms with Crippen LogP contribution >= 0.6 is 0 Å². The third kappa shape index (κ3) is 7.44. The minimum Gasteiger partial charge on any atom is -0.497 e. The number of rotatable bonds is 12. The molecular weight excluding hydrogens is 500 g/mol. The van der Waals surface area contributed by atoms with Gasteiger partial charge in [0.05, 0.1) is 18.6 Å². The van der Waals surface area contributed by atoms with Crippen molar-refractivity contribution in [3.63, 3.8) is 0 Å². The van der Waals surface area contributed by atoms with E-state index in [1.54, 1.807) is 36.4 Å². The van der Waals surface area contributed by atoms with Crippen LogP contribution in [0.2, 0.25) is 0 Å². The molecule has 0 aliphatic heterocycles. The average Bonchev–Trinajstić information content (AvgIpc) is 2.96. The number of benzene rings is 4. The zero-order chi connectivity index (χ0) is 26.8. The van der Waals surface area contributed by atoms with Gasteiger partial charge in [-0.15, -0.1) is 0 Å². The molecule has 0 atom stereocenters. The Balaban J connectivity index is 1.42. The fourth-order valence-corrected chi connectivity index (χ4v) is 5.21. The van der Waals surface area contributed by atoms with Crippen LogP contribution in [-0.4, -0.2) is 38.8 Å².